The molecule has 3 heterocycles. The van der Waals surface area contributed by atoms with Gasteiger partial charge < -0.3 is 15.0 Å². The average Bonchev–Trinajstić information content (AvgIpc) is 3.26. The third kappa shape index (κ3) is 2.88. The lowest BCUT2D eigenvalue weighted by molar-refractivity contribution is -0.0555. The van der Waals surface area contributed by atoms with E-state index in [0.29, 0.717) is 30.8 Å². The Labute approximate surface area is 171 Å². The standard InChI is InChI=1S/C20H20ClFN4O3/c1-25-15(16(21)17(22)24-25)6-14-12-4-2-3-5-13(12)18(27)26(14)9-11-7-20(8-11)10-23-19(28)29-20/h2-5,11,14H,6-10H2,1H3,(H,23,28). The van der Waals surface area contributed by atoms with Crippen LogP contribution in [0.25, 0.3) is 0 Å². The van der Waals surface area contributed by atoms with E-state index in [0.717, 1.165) is 18.4 Å². The van der Waals surface area contributed by atoms with Crippen LogP contribution in [0, 0.1) is 11.9 Å². The van der Waals surface area contributed by atoms with E-state index in [-0.39, 0.29) is 29.0 Å². The Hall–Kier alpha value is -2.61. The maximum atomic E-state index is 13.8. The van der Waals surface area contributed by atoms with Gasteiger partial charge in [0.15, 0.2) is 0 Å². The third-order valence-electron chi connectivity index (χ3n) is 6.28. The minimum absolute atomic E-state index is 0.00387. The molecule has 152 valence electrons. The average molecular weight is 419 g/mol. The quantitative estimate of drug-likeness (QED) is 0.828. The van der Waals surface area contributed by atoms with E-state index in [1.165, 1.54) is 4.68 Å². The highest BCUT2D eigenvalue weighted by atomic mass is 35.5. The van der Waals surface area contributed by atoms with E-state index in [9.17, 15) is 14.0 Å². The Bertz CT molecular complexity index is 1020. The zero-order valence-corrected chi connectivity index (χ0v) is 16.6. The first kappa shape index (κ1) is 18.4. The van der Waals surface area contributed by atoms with Crippen LogP contribution in [-0.2, 0) is 18.2 Å². The van der Waals surface area contributed by atoms with Crippen molar-refractivity contribution in [3.63, 3.8) is 0 Å². The van der Waals surface area contributed by atoms with Crippen molar-refractivity contribution in [1.82, 2.24) is 20.0 Å². The first-order valence-electron chi connectivity index (χ1n) is 9.60. The Morgan fingerprint density at radius 1 is 1.34 bits per heavy atom. The zero-order valence-electron chi connectivity index (χ0n) is 15.8. The van der Waals surface area contributed by atoms with Crippen LogP contribution in [0.4, 0.5) is 9.18 Å². The molecule has 1 saturated carbocycles. The second-order valence-electron chi connectivity index (χ2n) is 8.14. The van der Waals surface area contributed by atoms with Crippen molar-refractivity contribution >= 4 is 23.6 Å². The Balaban J connectivity index is 1.39. The summed E-state index contributed by atoms with van der Waals surface area (Å²) in [5, 5.41) is 6.46. The van der Waals surface area contributed by atoms with Crippen molar-refractivity contribution in [1.29, 1.82) is 0 Å². The van der Waals surface area contributed by atoms with Gasteiger partial charge in [0.2, 0.25) is 0 Å². The van der Waals surface area contributed by atoms with Crippen LogP contribution in [0.5, 0.6) is 0 Å². The van der Waals surface area contributed by atoms with Gasteiger partial charge in [0.1, 0.15) is 10.6 Å². The molecule has 1 unspecified atom stereocenters. The fourth-order valence-electron chi connectivity index (χ4n) is 4.91. The van der Waals surface area contributed by atoms with Gasteiger partial charge in [-0.1, -0.05) is 29.8 Å². The zero-order chi connectivity index (χ0) is 20.3. The summed E-state index contributed by atoms with van der Waals surface area (Å²) in [7, 11) is 1.65. The molecule has 29 heavy (non-hydrogen) atoms. The number of aromatic nitrogens is 2. The van der Waals surface area contributed by atoms with Crippen molar-refractivity contribution in [2.45, 2.75) is 30.9 Å². The molecule has 1 saturated heterocycles. The van der Waals surface area contributed by atoms with Crippen LogP contribution < -0.4 is 5.32 Å². The van der Waals surface area contributed by atoms with Gasteiger partial charge in [-0.25, -0.2) is 4.79 Å². The van der Waals surface area contributed by atoms with Gasteiger partial charge in [-0.3, -0.25) is 9.48 Å². The lowest BCUT2D eigenvalue weighted by Gasteiger charge is -2.44. The summed E-state index contributed by atoms with van der Waals surface area (Å²) < 4.78 is 20.7. The summed E-state index contributed by atoms with van der Waals surface area (Å²) in [6.07, 6.45) is 1.45. The summed E-state index contributed by atoms with van der Waals surface area (Å²) in [5.41, 5.74) is 1.71. The first-order chi connectivity index (χ1) is 13.9. The van der Waals surface area contributed by atoms with Gasteiger partial charge in [-0.05, 0) is 30.4 Å². The van der Waals surface area contributed by atoms with E-state index in [4.69, 9.17) is 16.3 Å². The lowest BCUT2D eigenvalue weighted by Crippen LogP contribution is -2.51. The molecule has 1 atom stereocenters. The number of alkyl carbamates (subject to hydrolysis) is 1. The van der Waals surface area contributed by atoms with Crippen LogP contribution in [0.15, 0.2) is 24.3 Å². The Kier molecular flexibility index (Phi) is 4.10. The number of ether oxygens (including phenoxy) is 1. The first-order valence-corrected chi connectivity index (χ1v) is 9.98. The Morgan fingerprint density at radius 3 is 2.76 bits per heavy atom. The van der Waals surface area contributed by atoms with Gasteiger partial charge >= 0.3 is 6.09 Å². The number of fused-ring (bicyclic) bond motifs is 1. The summed E-state index contributed by atoms with van der Waals surface area (Å²) in [6, 6.07) is 7.25. The van der Waals surface area contributed by atoms with Gasteiger partial charge in [-0.15, -0.1) is 5.10 Å². The third-order valence-corrected chi connectivity index (χ3v) is 6.65. The van der Waals surface area contributed by atoms with Crippen molar-refractivity contribution in [3.8, 4) is 0 Å². The minimum Gasteiger partial charge on any atom is -0.441 e. The second-order valence-corrected chi connectivity index (χ2v) is 8.52. The normalized spacial score (nSPS) is 27.8. The SMILES string of the molecule is Cn1nc(F)c(Cl)c1CC1c2ccccc2C(=O)N1CC1CC2(CNC(=O)O2)C1. The van der Waals surface area contributed by atoms with E-state index >= 15 is 0 Å². The molecule has 1 aliphatic carbocycles. The monoisotopic (exact) mass is 418 g/mol. The molecule has 7 nitrogen and oxygen atoms in total. The molecule has 2 aliphatic heterocycles. The van der Waals surface area contributed by atoms with Crippen LogP contribution in [0.1, 0.15) is 40.5 Å². The number of nitrogens with one attached hydrogen (secondary N) is 1. The molecule has 2 amide bonds. The molecule has 0 bridgehead atoms. The number of amides is 2. The smallest absolute Gasteiger partial charge is 0.407 e. The highest BCUT2D eigenvalue weighted by molar-refractivity contribution is 6.31. The molecular weight excluding hydrogens is 399 g/mol. The molecule has 0 radical (unpaired) electrons. The minimum atomic E-state index is -0.704. The number of rotatable bonds is 4. The molecular formula is C20H20ClFN4O3. The number of carbonyl (C=O) groups is 2. The number of hydrogen-bond acceptors (Lipinski definition) is 4. The number of hydrogen-bond donors (Lipinski definition) is 1. The summed E-state index contributed by atoms with van der Waals surface area (Å²) >= 11 is 6.13. The summed E-state index contributed by atoms with van der Waals surface area (Å²) in [6.45, 7) is 1.07. The summed E-state index contributed by atoms with van der Waals surface area (Å²) in [5.74, 6) is -0.501. The fraction of sp³-hybridized carbons (Fsp3) is 0.450. The number of nitrogens with zero attached hydrogens (tertiary/aromatic N) is 3. The number of carbonyl (C=O) groups excluding carboxylic acids is 2. The van der Waals surface area contributed by atoms with E-state index in [2.05, 4.69) is 10.4 Å². The number of halogens is 2. The molecule has 1 N–H and O–H groups in total. The predicted octanol–water partition coefficient (Wildman–Crippen LogP) is 2.84. The van der Waals surface area contributed by atoms with Gasteiger partial charge in [0.25, 0.3) is 11.9 Å². The second kappa shape index (κ2) is 6.45. The van der Waals surface area contributed by atoms with Gasteiger partial charge in [-0.2, -0.15) is 4.39 Å². The topological polar surface area (TPSA) is 76.5 Å². The van der Waals surface area contributed by atoms with Crippen molar-refractivity contribution in [3.05, 3.63) is 52.1 Å². The molecule has 9 heteroatoms. The highest BCUT2D eigenvalue weighted by Gasteiger charge is 2.52. The van der Waals surface area contributed by atoms with Crippen LogP contribution in [0.3, 0.4) is 0 Å². The van der Waals surface area contributed by atoms with Crippen molar-refractivity contribution < 1.29 is 18.7 Å². The van der Waals surface area contributed by atoms with Crippen LogP contribution >= 0.6 is 11.6 Å². The molecule has 2 fully saturated rings. The Morgan fingerprint density at radius 2 is 2.10 bits per heavy atom. The van der Waals surface area contributed by atoms with Gasteiger partial charge in [0, 0.05) is 25.6 Å². The van der Waals surface area contributed by atoms with E-state index < -0.39 is 11.5 Å². The molecule has 2 aromatic rings. The lowest BCUT2D eigenvalue weighted by atomic mass is 9.70. The van der Waals surface area contributed by atoms with Crippen LogP contribution in [-0.4, -0.2) is 45.4 Å². The molecule has 1 spiro atoms. The molecule has 1 aromatic heterocycles. The number of aryl methyl sites for hydroxylation is 1. The van der Waals surface area contributed by atoms with Crippen LogP contribution in [0.2, 0.25) is 5.02 Å². The van der Waals surface area contributed by atoms with E-state index in [1.54, 1.807) is 7.05 Å². The predicted molar refractivity (Wildman–Crippen MR) is 102 cm³/mol. The van der Waals surface area contributed by atoms with Crippen molar-refractivity contribution in [2.24, 2.45) is 13.0 Å². The van der Waals surface area contributed by atoms with E-state index in [1.807, 2.05) is 29.2 Å². The van der Waals surface area contributed by atoms with Crippen molar-refractivity contribution in [2.75, 3.05) is 13.1 Å². The highest BCUT2D eigenvalue weighted by Crippen LogP contribution is 2.46. The fourth-order valence-corrected chi connectivity index (χ4v) is 5.15. The maximum Gasteiger partial charge on any atom is 0.407 e. The summed E-state index contributed by atoms with van der Waals surface area (Å²) in [4.78, 5) is 26.3. The van der Waals surface area contributed by atoms with Gasteiger partial charge in [0.05, 0.1) is 18.3 Å². The molecule has 3 aliphatic rings. The largest absolute Gasteiger partial charge is 0.441 e. The molecule has 5 rings (SSSR count). The molecule has 1 aromatic carbocycles. The number of benzene rings is 1. The maximum absolute atomic E-state index is 13.8.